The number of hydrogen-bond acceptors (Lipinski definition) is 5. The molecule has 28 heavy (non-hydrogen) atoms. The number of carbonyl (C=O) groups is 1. The van der Waals surface area contributed by atoms with E-state index in [2.05, 4.69) is 5.32 Å². The molecule has 148 valence electrons. The van der Waals surface area contributed by atoms with Crippen LogP contribution in [0.15, 0.2) is 59.5 Å². The van der Waals surface area contributed by atoms with Crippen molar-refractivity contribution in [2.45, 2.75) is 36.6 Å². The van der Waals surface area contributed by atoms with E-state index in [0.717, 1.165) is 36.1 Å². The lowest BCUT2D eigenvalue weighted by Crippen LogP contribution is -2.43. The summed E-state index contributed by atoms with van der Waals surface area (Å²) in [7, 11) is -4.33. The van der Waals surface area contributed by atoms with E-state index in [1.165, 1.54) is 18.2 Å². The van der Waals surface area contributed by atoms with E-state index >= 15 is 0 Å². The zero-order chi connectivity index (χ0) is 20.1. The molecule has 0 aliphatic heterocycles. The first-order valence-electron chi connectivity index (χ1n) is 9.00. The second-order valence-electron chi connectivity index (χ2n) is 6.62. The van der Waals surface area contributed by atoms with Gasteiger partial charge in [-0.3, -0.25) is 19.2 Å². The van der Waals surface area contributed by atoms with Gasteiger partial charge in [-0.1, -0.05) is 43.2 Å². The summed E-state index contributed by atoms with van der Waals surface area (Å²) >= 11 is 0. The lowest BCUT2D eigenvalue weighted by atomic mass is 10.2. The second kappa shape index (κ2) is 8.39. The van der Waals surface area contributed by atoms with Gasteiger partial charge in [-0.25, -0.2) is 8.42 Å². The predicted octanol–water partition coefficient (Wildman–Crippen LogP) is 2.85. The summed E-state index contributed by atoms with van der Waals surface area (Å²) in [6.07, 6.45) is 3.80. The molecule has 0 atom stereocenters. The molecule has 1 amide bonds. The summed E-state index contributed by atoms with van der Waals surface area (Å²) in [5.74, 6) is -0.432. The number of nitro groups is 1. The van der Waals surface area contributed by atoms with Gasteiger partial charge in [0.25, 0.3) is 15.7 Å². The van der Waals surface area contributed by atoms with Gasteiger partial charge in [0.05, 0.1) is 10.6 Å². The summed E-state index contributed by atoms with van der Waals surface area (Å²) < 4.78 is 27.5. The monoisotopic (exact) mass is 403 g/mol. The van der Waals surface area contributed by atoms with Crippen molar-refractivity contribution in [3.8, 4) is 0 Å². The number of sulfonamides is 1. The van der Waals surface area contributed by atoms with Crippen LogP contribution in [0.2, 0.25) is 0 Å². The fraction of sp³-hybridized carbons (Fsp3) is 0.316. The molecule has 0 unspecified atom stereocenters. The predicted molar refractivity (Wildman–Crippen MR) is 104 cm³/mol. The highest BCUT2D eigenvalue weighted by Gasteiger charge is 2.33. The van der Waals surface area contributed by atoms with Gasteiger partial charge in [0.2, 0.25) is 5.91 Å². The molecule has 0 saturated heterocycles. The Balaban J connectivity index is 1.97. The highest BCUT2D eigenvalue weighted by atomic mass is 32.2. The van der Waals surface area contributed by atoms with Crippen LogP contribution in [0.4, 0.5) is 11.4 Å². The van der Waals surface area contributed by atoms with E-state index in [1.807, 2.05) is 0 Å². The van der Waals surface area contributed by atoms with Gasteiger partial charge in [-0.05, 0) is 31.0 Å². The third-order valence-corrected chi connectivity index (χ3v) is 6.50. The van der Waals surface area contributed by atoms with Crippen LogP contribution >= 0.6 is 0 Å². The van der Waals surface area contributed by atoms with Gasteiger partial charge in [0, 0.05) is 12.1 Å². The van der Waals surface area contributed by atoms with Crippen molar-refractivity contribution in [1.29, 1.82) is 0 Å². The maximum Gasteiger partial charge on any atom is 0.289 e. The molecule has 0 heterocycles. The number of hydrogen-bond donors (Lipinski definition) is 1. The molecule has 0 spiro atoms. The SMILES string of the molecule is O=C(CN(c1ccccc1)S(=O)(=O)c1ccccc1[N+](=O)[O-])NC1CCCC1. The molecule has 0 bridgehead atoms. The number of amides is 1. The number of anilines is 1. The lowest BCUT2D eigenvalue weighted by molar-refractivity contribution is -0.387. The Morgan fingerprint density at radius 3 is 2.32 bits per heavy atom. The third kappa shape index (κ3) is 4.30. The highest BCUT2D eigenvalue weighted by molar-refractivity contribution is 7.93. The zero-order valence-corrected chi connectivity index (χ0v) is 16.0. The normalized spacial score (nSPS) is 14.6. The topological polar surface area (TPSA) is 110 Å². The first-order valence-corrected chi connectivity index (χ1v) is 10.4. The summed E-state index contributed by atoms with van der Waals surface area (Å²) in [6, 6.07) is 13.3. The first-order chi connectivity index (χ1) is 13.4. The molecule has 3 rings (SSSR count). The molecule has 8 nitrogen and oxygen atoms in total. The van der Waals surface area contributed by atoms with Crippen LogP contribution in [0.1, 0.15) is 25.7 Å². The average Bonchev–Trinajstić information content (AvgIpc) is 3.19. The molecule has 9 heteroatoms. The van der Waals surface area contributed by atoms with Crippen LogP contribution in [-0.4, -0.2) is 31.8 Å². The smallest absolute Gasteiger partial charge is 0.289 e. The van der Waals surface area contributed by atoms with E-state index in [9.17, 15) is 23.3 Å². The van der Waals surface area contributed by atoms with Crippen molar-refractivity contribution >= 4 is 27.3 Å². The number of carbonyl (C=O) groups excluding carboxylic acids is 1. The van der Waals surface area contributed by atoms with Crippen molar-refractivity contribution in [2.24, 2.45) is 0 Å². The number of para-hydroxylation sites is 2. The Kier molecular flexibility index (Phi) is 5.93. The van der Waals surface area contributed by atoms with Crippen molar-refractivity contribution < 1.29 is 18.1 Å². The van der Waals surface area contributed by atoms with Gasteiger partial charge in [0.15, 0.2) is 4.90 Å². The third-order valence-electron chi connectivity index (χ3n) is 4.68. The van der Waals surface area contributed by atoms with Gasteiger partial charge in [-0.15, -0.1) is 0 Å². The van der Waals surface area contributed by atoms with Crippen LogP contribution < -0.4 is 9.62 Å². The Labute approximate surface area is 163 Å². The standard InChI is InChI=1S/C19H21N3O5S/c23-19(20-15-8-4-5-9-15)14-21(16-10-2-1-3-11-16)28(26,27)18-13-7-6-12-17(18)22(24)25/h1-3,6-7,10-13,15H,4-5,8-9,14H2,(H,20,23). The van der Waals surface area contributed by atoms with Crippen LogP contribution in [0.3, 0.4) is 0 Å². The Bertz CT molecular complexity index is 957. The van der Waals surface area contributed by atoms with Crippen LogP contribution in [-0.2, 0) is 14.8 Å². The van der Waals surface area contributed by atoms with E-state index in [0.29, 0.717) is 0 Å². The van der Waals surface area contributed by atoms with E-state index in [4.69, 9.17) is 0 Å². The largest absolute Gasteiger partial charge is 0.352 e. The number of benzene rings is 2. The maximum absolute atomic E-state index is 13.3. The molecule has 1 aliphatic carbocycles. The Morgan fingerprint density at radius 1 is 1.07 bits per heavy atom. The van der Waals surface area contributed by atoms with Crippen LogP contribution in [0.25, 0.3) is 0 Å². The summed E-state index contributed by atoms with van der Waals surface area (Å²) in [4.78, 5) is 22.7. The van der Waals surface area contributed by atoms with Crippen molar-refractivity contribution in [1.82, 2.24) is 5.32 Å². The number of nitrogens with one attached hydrogen (secondary N) is 1. The van der Waals surface area contributed by atoms with Gasteiger partial charge in [-0.2, -0.15) is 0 Å². The molecule has 1 saturated carbocycles. The average molecular weight is 403 g/mol. The minimum absolute atomic E-state index is 0.0406. The molecule has 0 radical (unpaired) electrons. The summed E-state index contributed by atoms with van der Waals surface area (Å²) in [5.41, 5.74) is -0.262. The fourth-order valence-corrected chi connectivity index (χ4v) is 4.91. The van der Waals surface area contributed by atoms with E-state index < -0.39 is 38.0 Å². The van der Waals surface area contributed by atoms with Gasteiger partial charge < -0.3 is 5.32 Å². The number of nitrogens with zero attached hydrogens (tertiary/aromatic N) is 2. The van der Waals surface area contributed by atoms with Crippen LogP contribution in [0, 0.1) is 10.1 Å². The highest BCUT2D eigenvalue weighted by Crippen LogP contribution is 2.29. The minimum Gasteiger partial charge on any atom is -0.352 e. The number of nitro benzene ring substituents is 1. The van der Waals surface area contributed by atoms with Crippen molar-refractivity contribution in [2.75, 3.05) is 10.8 Å². The first kappa shape index (κ1) is 19.8. The molecule has 2 aromatic rings. The van der Waals surface area contributed by atoms with Crippen molar-refractivity contribution in [3.05, 3.63) is 64.7 Å². The zero-order valence-electron chi connectivity index (χ0n) is 15.2. The van der Waals surface area contributed by atoms with E-state index in [1.54, 1.807) is 30.3 Å². The molecule has 1 N–H and O–H groups in total. The molecule has 0 aromatic heterocycles. The van der Waals surface area contributed by atoms with Crippen molar-refractivity contribution in [3.63, 3.8) is 0 Å². The summed E-state index contributed by atoms with van der Waals surface area (Å²) in [5, 5.41) is 14.2. The maximum atomic E-state index is 13.3. The Hall–Kier alpha value is -2.94. The molecule has 2 aromatic carbocycles. The Morgan fingerprint density at radius 2 is 1.68 bits per heavy atom. The van der Waals surface area contributed by atoms with Gasteiger partial charge in [0.1, 0.15) is 6.54 Å². The lowest BCUT2D eigenvalue weighted by Gasteiger charge is -2.24. The fourth-order valence-electron chi connectivity index (χ4n) is 3.33. The van der Waals surface area contributed by atoms with E-state index in [-0.39, 0.29) is 11.7 Å². The minimum atomic E-state index is -4.33. The van der Waals surface area contributed by atoms with Crippen LogP contribution in [0.5, 0.6) is 0 Å². The van der Waals surface area contributed by atoms with Gasteiger partial charge >= 0.3 is 0 Å². The summed E-state index contributed by atoms with van der Waals surface area (Å²) in [6.45, 7) is -0.450. The molecule has 1 aliphatic rings. The molecular weight excluding hydrogens is 382 g/mol. The second-order valence-corrected chi connectivity index (χ2v) is 8.45. The molecular formula is C19H21N3O5S. The number of rotatable bonds is 7. The quantitative estimate of drug-likeness (QED) is 0.565. The molecule has 1 fully saturated rings.